The van der Waals surface area contributed by atoms with E-state index < -0.39 is 6.03 Å². The number of aromatic nitrogens is 3. The molecule has 2 heterocycles. The molecule has 3 rings (SSSR count). The largest absolute Gasteiger partial charge is 0.395 e. The minimum Gasteiger partial charge on any atom is -0.395 e. The van der Waals surface area contributed by atoms with Crippen molar-refractivity contribution in [3.05, 3.63) is 36.5 Å². The Bertz CT molecular complexity index is 845. The third-order valence-corrected chi connectivity index (χ3v) is 3.32. The van der Waals surface area contributed by atoms with Gasteiger partial charge in [0.1, 0.15) is 5.82 Å². The number of aliphatic hydroxyl groups excluding tert-OH is 1. The normalized spacial score (nSPS) is 10.7. The molecule has 118 valence electrons. The standard InChI is InChI=1S/C15H16N6O2/c16-14-11-7-9(1-2-12(11)20-21-14)10-3-4-17-13(8-10)19-15(23)18-5-6-22/h1-4,7-8,22H,5-6H2,(H3,16,20,21)(H2,17,18,19,23). The second kappa shape index (κ2) is 6.32. The van der Waals surface area contributed by atoms with Gasteiger partial charge in [0.05, 0.1) is 12.1 Å². The highest BCUT2D eigenvalue weighted by Crippen LogP contribution is 2.27. The number of urea groups is 1. The average Bonchev–Trinajstić information content (AvgIpc) is 2.94. The molecule has 2 amide bonds. The lowest BCUT2D eigenvalue weighted by Crippen LogP contribution is -2.31. The van der Waals surface area contributed by atoms with E-state index in [4.69, 9.17) is 10.8 Å². The molecule has 1 aromatic carbocycles. The molecule has 8 nitrogen and oxygen atoms in total. The Morgan fingerprint density at radius 1 is 1.26 bits per heavy atom. The lowest BCUT2D eigenvalue weighted by atomic mass is 10.0. The first kappa shape index (κ1) is 14.8. The maximum Gasteiger partial charge on any atom is 0.320 e. The number of H-pyrrole nitrogens is 1. The van der Waals surface area contributed by atoms with Gasteiger partial charge in [-0.15, -0.1) is 0 Å². The molecule has 2 aromatic heterocycles. The Kier molecular flexibility index (Phi) is 4.07. The second-order valence-electron chi connectivity index (χ2n) is 4.90. The first-order valence-corrected chi connectivity index (χ1v) is 7.03. The second-order valence-corrected chi connectivity index (χ2v) is 4.90. The Labute approximate surface area is 131 Å². The van der Waals surface area contributed by atoms with Crippen molar-refractivity contribution in [2.45, 2.75) is 0 Å². The van der Waals surface area contributed by atoms with Crippen molar-refractivity contribution in [3.63, 3.8) is 0 Å². The number of carbonyl (C=O) groups is 1. The van der Waals surface area contributed by atoms with Gasteiger partial charge in [0, 0.05) is 18.1 Å². The molecule has 0 unspecified atom stereocenters. The lowest BCUT2D eigenvalue weighted by Gasteiger charge is -2.08. The van der Waals surface area contributed by atoms with E-state index in [9.17, 15) is 4.79 Å². The van der Waals surface area contributed by atoms with Crippen molar-refractivity contribution in [3.8, 4) is 11.1 Å². The number of nitrogens with zero attached hydrogens (tertiary/aromatic N) is 2. The van der Waals surface area contributed by atoms with Crippen LogP contribution in [-0.4, -0.2) is 39.5 Å². The van der Waals surface area contributed by atoms with Crippen LogP contribution in [0.15, 0.2) is 36.5 Å². The molecular formula is C15H16N6O2. The van der Waals surface area contributed by atoms with Gasteiger partial charge in [0.25, 0.3) is 0 Å². The first-order valence-electron chi connectivity index (χ1n) is 7.03. The third-order valence-electron chi connectivity index (χ3n) is 3.32. The van der Waals surface area contributed by atoms with Crippen molar-refractivity contribution < 1.29 is 9.90 Å². The summed E-state index contributed by atoms with van der Waals surface area (Å²) in [5, 5.41) is 21.5. The Morgan fingerprint density at radius 3 is 2.91 bits per heavy atom. The van der Waals surface area contributed by atoms with E-state index in [2.05, 4.69) is 25.8 Å². The number of rotatable bonds is 4. The number of nitrogens with two attached hydrogens (primary N) is 1. The molecule has 0 atom stereocenters. The number of aliphatic hydroxyl groups is 1. The fourth-order valence-electron chi connectivity index (χ4n) is 2.22. The predicted octanol–water partition coefficient (Wildman–Crippen LogP) is 1.32. The zero-order valence-corrected chi connectivity index (χ0v) is 12.2. The minimum absolute atomic E-state index is 0.118. The number of carbonyl (C=O) groups excluding carboxylic acids is 1. The molecule has 0 fully saturated rings. The average molecular weight is 312 g/mol. The molecule has 0 aliphatic carbocycles. The molecule has 8 heteroatoms. The van der Waals surface area contributed by atoms with Crippen LogP contribution in [0.5, 0.6) is 0 Å². The maximum atomic E-state index is 11.6. The van der Waals surface area contributed by atoms with Gasteiger partial charge in [-0.3, -0.25) is 10.4 Å². The molecule has 0 saturated heterocycles. The van der Waals surface area contributed by atoms with Crippen LogP contribution >= 0.6 is 0 Å². The Morgan fingerprint density at radius 2 is 2.09 bits per heavy atom. The smallest absolute Gasteiger partial charge is 0.320 e. The highest BCUT2D eigenvalue weighted by molar-refractivity contribution is 5.93. The minimum atomic E-state index is -0.418. The van der Waals surface area contributed by atoms with Crippen LogP contribution in [0.2, 0.25) is 0 Å². The fraction of sp³-hybridized carbons (Fsp3) is 0.133. The van der Waals surface area contributed by atoms with E-state index in [1.54, 1.807) is 12.3 Å². The summed E-state index contributed by atoms with van der Waals surface area (Å²) < 4.78 is 0. The van der Waals surface area contributed by atoms with Gasteiger partial charge in [-0.25, -0.2) is 9.78 Å². The molecule has 0 saturated carbocycles. The number of nitrogen functional groups attached to an aromatic ring is 1. The summed E-state index contributed by atoms with van der Waals surface area (Å²) in [4.78, 5) is 15.7. The SMILES string of the molecule is Nc1n[nH]c2ccc(-c3ccnc(NC(=O)NCCO)c3)cc12. The van der Waals surface area contributed by atoms with Crippen LogP contribution < -0.4 is 16.4 Å². The van der Waals surface area contributed by atoms with Crippen LogP contribution in [0.3, 0.4) is 0 Å². The van der Waals surface area contributed by atoms with E-state index in [0.29, 0.717) is 11.6 Å². The monoisotopic (exact) mass is 312 g/mol. The highest BCUT2D eigenvalue weighted by atomic mass is 16.3. The van der Waals surface area contributed by atoms with E-state index in [1.807, 2.05) is 24.3 Å². The number of benzene rings is 1. The van der Waals surface area contributed by atoms with Crippen molar-refractivity contribution in [1.82, 2.24) is 20.5 Å². The molecule has 0 aliphatic rings. The van der Waals surface area contributed by atoms with Gasteiger partial charge >= 0.3 is 6.03 Å². The van der Waals surface area contributed by atoms with Crippen LogP contribution in [-0.2, 0) is 0 Å². The van der Waals surface area contributed by atoms with Gasteiger partial charge in [-0.1, -0.05) is 6.07 Å². The van der Waals surface area contributed by atoms with Crippen molar-refractivity contribution in [2.24, 2.45) is 0 Å². The topological polar surface area (TPSA) is 129 Å². The summed E-state index contributed by atoms with van der Waals surface area (Å²) in [6, 6.07) is 8.95. The maximum absolute atomic E-state index is 11.6. The molecule has 0 bridgehead atoms. The zero-order chi connectivity index (χ0) is 16.2. The summed E-state index contributed by atoms with van der Waals surface area (Å²) in [6.07, 6.45) is 1.61. The first-order chi connectivity index (χ1) is 11.2. The molecule has 0 radical (unpaired) electrons. The molecule has 6 N–H and O–H groups in total. The quantitative estimate of drug-likeness (QED) is 0.496. The van der Waals surface area contributed by atoms with Crippen molar-refractivity contribution >= 4 is 28.6 Å². The number of amides is 2. The summed E-state index contributed by atoms with van der Waals surface area (Å²) >= 11 is 0. The number of aromatic amines is 1. The Hall–Kier alpha value is -3.13. The lowest BCUT2D eigenvalue weighted by molar-refractivity contribution is 0.244. The fourth-order valence-corrected chi connectivity index (χ4v) is 2.22. The molecule has 0 aliphatic heterocycles. The predicted molar refractivity (Wildman–Crippen MR) is 87.8 cm³/mol. The number of fused-ring (bicyclic) bond motifs is 1. The van der Waals surface area contributed by atoms with Crippen LogP contribution in [0.1, 0.15) is 0 Å². The number of pyridine rings is 1. The van der Waals surface area contributed by atoms with Gasteiger partial charge < -0.3 is 16.2 Å². The van der Waals surface area contributed by atoms with Crippen molar-refractivity contribution in [2.75, 3.05) is 24.2 Å². The van der Waals surface area contributed by atoms with Crippen LogP contribution in [0.4, 0.5) is 16.4 Å². The zero-order valence-electron chi connectivity index (χ0n) is 12.2. The highest BCUT2D eigenvalue weighted by Gasteiger charge is 2.07. The van der Waals surface area contributed by atoms with Gasteiger partial charge in [0.2, 0.25) is 0 Å². The number of nitrogens with one attached hydrogen (secondary N) is 3. The van der Waals surface area contributed by atoms with Crippen LogP contribution in [0, 0.1) is 0 Å². The summed E-state index contributed by atoms with van der Waals surface area (Å²) in [5.74, 6) is 0.857. The van der Waals surface area contributed by atoms with Gasteiger partial charge in [-0.05, 0) is 35.4 Å². The van der Waals surface area contributed by atoms with E-state index in [1.165, 1.54) is 0 Å². The van der Waals surface area contributed by atoms with Crippen LogP contribution in [0.25, 0.3) is 22.0 Å². The molecule has 0 spiro atoms. The summed E-state index contributed by atoms with van der Waals surface area (Å²) in [6.45, 7) is 0.0645. The van der Waals surface area contributed by atoms with Gasteiger partial charge in [0.15, 0.2) is 5.82 Å². The van der Waals surface area contributed by atoms with E-state index in [0.717, 1.165) is 22.0 Å². The Balaban J connectivity index is 1.85. The summed E-state index contributed by atoms with van der Waals surface area (Å²) in [7, 11) is 0. The molecule has 23 heavy (non-hydrogen) atoms. The van der Waals surface area contributed by atoms with E-state index in [-0.39, 0.29) is 13.2 Å². The number of hydrogen-bond acceptors (Lipinski definition) is 5. The van der Waals surface area contributed by atoms with Crippen molar-refractivity contribution in [1.29, 1.82) is 0 Å². The molecular weight excluding hydrogens is 296 g/mol. The van der Waals surface area contributed by atoms with Gasteiger partial charge in [-0.2, -0.15) is 5.10 Å². The molecule has 3 aromatic rings. The summed E-state index contributed by atoms with van der Waals surface area (Å²) in [5.41, 5.74) is 8.51. The number of anilines is 2. The third kappa shape index (κ3) is 3.22. The van der Waals surface area contributed by atoms with E-state index >= 15 is 0 Å². The number of hydrogen-bond donors (Lipinski definition) is 5.